The molecule has 0 heterocycles. The first-order chi connectivity index (χ1) is 3.27. The van der Waals surface area contributed by atoms with Crippen molar-refractivity contribution < 1.29 is 0 Å². The lowest BCUT2D eigenvalue weighted by Crippen LogP contribution is -1.82. The van der Waals surface area contributed by atoms with E-state index in [2.05, 4.69) is 25.9 Å². The van der Waals surface area contributed by atoms with Gasteiger partial charge in [-0.15, -0.1) is 0 Å². The van der Waals surface area contributed by atoms with Crippen LogP contribution in [0.25, 0.3) is 0 Å². The van der Waals surface area contributed by atoms with E-state index in [1.165, 1.54) is 6.42 Å². The Kier molecular flexibility index (Phi) is 4.73. The molecule has 0 aromatic carbocycles. The van der Waals surface area contributed by atoms with Gasteiger partial charge in [0.1, 0.15) is 0 Å². The van der Waals surface area contributed by atoms with Crippen LogP contribution in [-0.4, -0.2) is 6.26 Å². The number of hydrogen-bond donors (Lipinski definition) is 0. The van der Waals surface area contributed by atoms with Crippen molar-refractivity contribution in [1.82, 2.24) is 0 Å². The van der Waals surface area contributed by atoms with Crippen molar-refractivity contribution in [2.24, 2.45) is 5.92 Å². The second-order valence-electron chi connectivity index (χ2n) is 2.03. The van der Waals surface area contributed by atoms with Crippen LogP contribution in [0.5, 0.6) is 0 Å². The fourth-order valence-corrected chi connectivity index (χ4v) is 0.866. The van der Waals surface area contributed by atoms with Gasteiger partial charge in [0.2, 0.25) is 0 Å². The van der Waals surface area contributed by atoms with Crippen molar-refractivity contribution in [3.8, 4) is 0 Å². The van der Waals surface area contributed by atoms with E-state index in [0.29, 0.717) is 0 Å². The third-order valence-corrected chi connectivity index (χ3v) is 1.26. The summed E-state index contributed by atoms with van der Waals surface area (Å²) in [6, 6.07) is 0. The molecule has 0 aromatic rings. The molecule has 1 radical (unpaired) electrons. The highest BCUT2D eigenvalue weighted by atomic mass is 32.2. The third kappa shape index (κ3) is 6.35. The van der Waals surface area contributed by atoms with Crippen LogP contribution in [0, 0.1) is 11.7 Å². The molecule has 1 heteroatoms. The van der Waals surface area contributed by atoms with Crippen molar-refractivity contribution in [3.05, 3.63) is 5.75 Å². The maximum Gasteiger partial charge on any atom is 0.0166 e. The maximum absolute atomic E-state index is 2.24. The van der Waals surface area contributed by atoms with Crippen LogP contribution in [0.2, 0.25) is 0 Å². The summed E-state index contributed by atoms with van der Waals surface area (Å²) in [4.78, 5) is 0. The largest absolute Gasteiger partial charge is 0.161 e. The summed E-state index contributed by atoms with van der Waals surface area (Å²) in [7, 11) is 0. The van der Waals surface area contributed by atoms with Gasteiger partial charge in [0, 0.05) is 5.75 Å². The quantitative estimate of drug-likeness (QED) is 0.547. The van der Waals surface area contributed by atoms with Gasteiger partial charge in [-0.05, 0) is 18.6 Å². The zero-order chi connectivity index (χ0) is 5.70. The minimum absolute atomic E-state index is 0.826. The normalized spacial score (nSPS) is 10.3. The first-order valence-corrected chi connectivity index (χ1v) is 3.90. The molecule has 0 nitrogen and oxygen atoms in total. The fourth-order valence-electron chi connectivity index (χ4n) is 0.289. The van der Waals surface area contributed by atoms with Crippen LogP contribution in [0.1, 0.15) is 20.3 Å². The van der Waals surface area contributed by atoms with E-state index >= 15 is 0 Å². The molecule has 0 saturated heterocycles. The van der Waals surface area contributed by atoms with Gasteiger partial charge in [0.25, 0.3) is 0 Å². The topological polar surface area (TPSA) is 0 Å². The second-order valence-corrected chi connectivity index (χ2v) is 2.84. The number of hydrogen-bond acceptors (Lipinski definition) is 1. The molecular formula is C6H13S. The zero-order valence-corrected chi connectivity index (χ0v) is 6.09. The molecule has 0 aliphatic heterocycles. The van der Waals surface area contributed by atoms with Crippen molar-refractivity contribution in [1.29, 1.82) is 0 Å². The molecule has 0 rings (SSSR count). The Morgan fingerprint density at radius 2 is 2.14 bits per heavy atom. The lowest BCUT2D eigenvalue weighted by molar-refractivity contribution is 0.656. The average molecular weight is 117 g/mol. The molecule has 0 N–H and O–H groups in total. The molecule has 0 spiro atoms. The summed E-state index contributed by atoms with van der Waals surface area (Å²) >= 11 is 1.80. The predicted octanol–water partition coefficient (Wildman–Crippen LogP) is 2.56. The molecule has 0 aliphatic rings. The molecule has 0 aromatic heterocycles. The van der Waals surface area contributed by atoms with Gasteiger partial charge in [0.15, 0.2) is 0 Å². The molecule has 0 bridgehead atoms. The number of thioether (sulfide) groups is 1. The van der Waals surface area contributed by atoms with E-state index in [4.69, 9.17) is 0 Å². The van der Waals surface area contributed by atoms with Crippen LogP contribution in [-0.2, 0) is 0 Å². The van der Waals surface area contributed by atoms with E-state index in [0.717, 1.165) is 5.92 Å². The van der Waals surface area contributed by atoms with Gasteiger partial charge in [-0.25, -0.2) is 0 Å². The highest BCUT2D eigenvalue weighted by Crippen LogP contribution is 2.09. The summed E-state index contributed by atoms with van der Waals surface area (Å²) in [5, 5.41) is 0. The van der Waals surface area contributed by atoms with E-state index < -0.39 is 0 Å². The zero-order valence-electron chi connectivity index (χ0n) is 5.27. The standard InChI is InChI=1S/C6H13S/c1-6(2)4-5-7-3/h5-6H,4H2,1-3H3. The molecule has 0 aliphatic carbocycles. The molecule has 43 valence electrons. The monoisotopic (exact) mass is 117 g/mol. The smallest absolute Gasteiger partial charge is 0.0166 e. The summed E-state index contributed by atoms with van der Waals surface area (Å²) < 4.78 is 0. The Balaban J connectivity index is 2.68. The van der Waals surface area contributed by atoms with E-state index in [9.17, 15) is 0 Å². The van der Waals surface area contributed by atoms with Crippen molar-refractivity contribution in [2.45, 2.75) is 20.3 Å². The van der Waals surface area contributed by atoms with Crippen molar-refractivity contribution in [2.75, 3.05) is 6.26 Å². The number of rotatable bonds is 3. The van der Waals surface area contributed by atoms with E-state index in [1.54, 1.807) is 11.8 Å². The van der Waals surface area contributed by atoms with E-state index in [1.807, 2.05) is 0 Å². The lowest BCUT2D eigenvalue weighted by atomic mass is 10.2. The fraction of sp³-hybridized carbons (Fsp3) is 0.833. The van der Waals surface area contributed by atoms with Crippen LogP contribution < -0.4 is 0 Å². The van der Waals surface area contributed by atoms with Crippen LogP contribution in [0.3, 0.4) is 0 Å². The minimum Gasteiger partial charge on any atom is -0.161 e. The summed E-state index contributed by atoms with van der Waals surface area (Å²) in [6.07, 6.45) is 3.34. The van der Waals surface area contributed by atoms with Crippen LogP contribution >= 0.6 is 11.8 Å². The maximum atomic E-state index is 2.24. The second kappa shape index (κ2) is 4.51. The van der Waals surface area contributed by atoms with Crippen LogP contribution in [0.4, 0.5) is 0 Å². The SMILES string of the molecule is CS[CH]CC(C)C. The summed E-state index contributed by atoms with van der Waals surface area (Å²) in [5.74, 6) is 3.07. The average Bonchev–Trinajstić information content (AvgIpc) is 1.61. The van der Waals surface area contributed by atoms with Gasteiger partial charge in [-0.2, -0.15) is 11.8 Å². The lowest BCUT2D eigenvalue weighted by Gasteiger charge is -1.98. The van der Waals surface area contributed by atoms with Gasteiger partial charge in [-0.3, -0.25) is 0 Å². The molecular weight excluding hydrogens is 104 g/mol. The Labute approximate surface area is 50.7 Å². The Morgan fingerprint density at radius 1 is 1.57 bits per heavy atom. The van der Waals surface area contributed by atoms with E-state index in [-0.39, 0.29) is 0 Å². The molecule has 0 fully saturated rings. The first kappa shape index (κ1) is 7.35. The Morgan fingerprint density at radius 3 is 2.29 bits per heavy atom. The predicted molar refractivity (Wildman–Crippen MR) is 37.3 cm³/mol. The van der Waals surface area contributed by atoms with Crippen molar-refractivity contribution >= 4 is 11.8 Å². The molecule has 0 atom stereocenters. The summed E-state index contributed by atoms with van der Waals surface area (Å²) in [5.41, 5.74) is 0. The van der Waals surface area contributed by atoms with Gasteiger partial charge in [-0.1, -0.05) is 13.8 Å². The summed E-state index contributed by atoms with van der Waals surface area (Å²) in [6.45, 7) is 4.46. The Bertz CT molecular complexity index is 33.2. The van der Waals surface area contributed by atoms with Gasteiger partial charge < -0.3 is 0 Å². The highest BCUT2D eigenvalue weighted by molar-refractivity contribution is 8.00. The molecule has 0 amide bonds. The molecule has 7 heavy (non-hydrogen) atoms. The Hall–Kier alpha value is 0.350. The minimum atomic E-state index is 0.826. The molecule has 0 unspecified atom stereocenters. The first-order valence-electron chi connectivity index (χ1n) is 2.62. The van der Waals surface area contributed by atoms with Gasteiger partial charge in [0.05, 0.1) is 0 Å². The van der Waals surface area contributed by atoms with Crippen molar-refractivity contribution in [3.63, 3.8) is 0 Å². The third-order valence-electron chi connectivity index (χ3n) is 0.734. The van der Waals surface area contributed by atoms with Gasteiger partial charge >= 0.3 is 0 Å². The molecule has 0 saturated carbocycles. The highest BCUT2D eigenvalue weighted by Gasteiger charge is 1.89. The van der Waals surface area contributed by atoms with Crippen LogP contribution in [0.15, 0.2) is 0 Å².